The highest BCUT2D eigenvalue weighted by atomic mass is 16.5. The first-order valence-electron chi connectivity index (χ1n) is 6.67. The second-order valence-electron chi connectivity index (χ2n) is 4.77. The fourth-order valence-electron chi connectivity index (χ4n) is 2.31. The van der Waals surface area contributed by atoms with E-state index in [9.17, 15) is 4.79 Å². The Bertz CT molecular complexity index is 273. The minimum absolute atomic E-state index is 0.0610. The fourth-order valence-corrected chi connectivity index (χ4v) is 2.31. The number of amides is 2. The van der Waals surface area contributed by atoms with Gasteiger partial charge in [0.15, 0.2) is 0 Å². The molecule has 0 bridgehead atoms. The highest BCUT2D eigenvalue weighted by Crippen LogP contribution is 2.13. The average molecular weight is 238 g/mol. The Labute approximate surface area is 103 Å². The number of nitrogens with one attached hydrogen (secondary N) is 1. The van der Waals surface area contributed by atoms with Gasteiger partial charge >= 0.3 is 6.03 Å². The smallest absolute Gasteiger partial charge is 0.321 e. The van der Waals surface area contributed by atoms with Crippen LogP contribution in [0.5, 0.6) is 0 Å². The van der Waals surface area contributed by atoms with Gasteiger partial charge in [-0.15, -0.1) is 0 Å². The minimum atomic E-state index is 0.0610. The van der Waals surface area contributed by atoms with Crippen molar-refractivity contribution in [3.8, 4) is 0 Å². The first-order valence-corrected chi connectivity index (χ1v) is 6.67. The molecule has 2 fully saturated rings. The fraction of sp³-hybridized carbons (Fsp3) is 0.769. The number of carbonyl (C=O) groups is 1. The average Bonchev–Trinajstić information content (AvgIpc) is 2.66. The van der Waals surface area contributed by atoms with Crippen molar-refractivity contribution in [1.82, 2.24) is 10.2 Å². The maximum absolute atomic E-state index is 11.9. The van der Waals surface area contributed by atoms with Crippen LogP contribution in [0.2, 0.25) is 0 Å². The molecule has 0 aromatic carbocycles. The molecule has 0 unspecified atom stereocenters. The zero-order valence-corrected chi connectivity index (χ0v) is 10.4. The first-order chi connectivity index (χ1) is 8.36. The van der Waals surface area contributed by atoms with E-state index in [1.807, 2.05) is 11.1 Å². The van der Waals surface area contributed by atoms with E-state index >= 15 is 0 Å². The predicted octanol–water partition coefficient (Wildman–Crippen LogP) is 2.27. The lowest BCUT2D eigenvalue weighted by atomic mass is 10.1. The van der Waals surface area contributed by atoms with E-state index in [4.69, 9.17) is 4.74 Å². The molecule has 4 heteroatoms. The van der Waals surface area contributed by atoms with Gasteiger partial charge in [0.2, 0.25) is 0 Å². The van der Waals surface area contributed by atoms with Crippen molar-refractivity contribution in [2.24, 2.45) is 0 Å². The lowest BCUT2D eigenvalue weighted by Gasteiger charge is -2.20. The van der Waals surface area contributed by atoms with Gasteiger partial charge in [-0.2, -0.15) is 0 Å². The third-order valence-electron chi connectivity index (χ3n) is 3.43. The van der Waals surface area contributed by atoms with Gasteiger partial charge in [0.25, 0.3) is 0 Å². The monoisotopic (exact) mass is 238 g/mol. The maximum atomic E-state index is 11.9. The number of nitrogens with zero attached hydrogens (tertiary/aromatic N) is 1. The van der Waals surface area contributed by atoms with Crippen LogP contribution in [0.4, 0.5) is 4.79 Å². The summed E-state index contributed by atoms with van der Waals surface area (Å²) in [7, 11) is 0. The number of rotatable bonds is 1. The first kappa shape index (κ1) is 12.4. The van der Waals surface area contributed by atoms with Gasteiger partial charge in [-0.1, -0.05) is 12.8 Å². The molecular formula is C13H22N2O2. The zero-order chi connectivity index (χ0) is 11.9. The number of ether oxygens (including phenoxy) is 1. The molecule has 0 saturated carbocycles. The minimum Gasteiger partial charge on any atom is -0.381 e. The third kappa shape index (κ3) is 4.04. The summed E-state index contributed by atoms with van der Waals surface area (Å²) in [6, 6.07) is 0.0610. The Morgan fingerprint density at radius 2 is 1.76 bits per heavy atom. The van der Waals surface area contributed by atoms with E-state index in [1.165, 1.54) is 18.4 Å². The number of hydrogen-bond acceptors (Lipinski definition) is 2. The Balaban J connectivity index is 1.78. The molecule has 2 aliphatic rings. The maximum Gasteiger partial charge on any atom is 0.321 e. The van der Waals surface area contributed by atoms with E-state index < -0.39 is 0 Å². The van der Waals surface area contributed by atoms with Gasteiger partial charge in [0.05, 0.1) is 13.2 Å². The van der Waals surface area contributed by atoms with Gasteiger partial charge in [0.1, 0.15) is 0 Å². The van der Waals surface area contributed by atoms with Crippen LogP contribution in [0, 0.1) is 0 Å². The van der Waals surface area contributed by atoms with Crippen molar-refractivity contribution in [3.63, 3.8) is 0 Å². The second kappa shape index (κ2) is 6.64. The largest absolute Gasteiger partial charge is 0.381 e. The number of urea groups is 1. The SMILES string of the molecule is O=C(NC=C1CCOCC1)N1CCCCCC1. The summed E-state index contributed by atoms with van der Waals surface area (Å²) in [4.78, 5) is 13.9. The van der Waals surface area contributed by atoms with E-state index in [-0.39, 0.29) is 6.03 Å². The number of likely N-dealkylation sites (tertiary alicyclic amines) is 1. The molecule has 2 aliphatic heterocycles. The molecule has 0 spiro atoms. The van der Waals surface area contributed by atoms with Crippen LogP contribution >= 0.6 is 0 Å². The third-order valence-corrected chi connectivity index (χ3v) is 3.43. The highest BCUT2D eigenvalue weighted by Gasteiger charge is 2.14. The summed E-state index contributed by atoms with van der Waals surface area (Å²) in [5.74, 6) is 0. The molecule has 2 saturated heterocycles. The Morgan fingerprint density at radius 1 is 1.12 bits per heavy atom. The lowest BCUT2D eigenvalue weighted by Crippen LogP contribution is -2.38. The summed E-state index contributed by atoms with van der Waals surface area (Å²) in [6.45, 7) is 3.37. The molecule has 2 rings (SSSR count). The lowest BCUT2D eigenvalue weighted by molar-refractivity contribution is 0.119. The van der Waals surface area contributed by atoms with E-state index in [0.29, 0.717) is 0 Å². The molecule has 0 radical (unpaired) electrons. The Morgan fingerprint density at radius 3 is 2.41 bits per heavy atom. The molecule has 0 aliphatic carbocycles. The molecule has 4 nitrogen and oxygen atoms in total. The topological polar surface area (TPSA) is 41.6 Å². The molecule has 96 valence electrons. The number of hydrogen-bond donors (Lipinski definition) is 1. The van der Waals surface area contributed by atoms with Crippen LogP contribution < -0.4 is 5.32 Å². The Kier molecular flexibility index (Phi) is 4.86. The van der Waals surface area contributed by atoms with E-state index in [1.54, 1.807) is 0 Å². The van der Waals surface area contributed by atoms with Crippen molar-refractivity contribution in [2.75, 3.05) is 26.3 Å². The molecule has 0 aromatic heterocycles. The van der Waals surface area contributed by atoms with Crippen LogP contribution in [0.1, 0.15) is 38.5 Å². The van der Waals surface area contributed by atoms with Crippen LogP contribution in [-0.4, -0.2) is 37.2 Å². The van der Waals surface area contributed by atoms with Crippen LogP contribution in [0.15, 0.2) is 11.8 Å². The quantitative estimate of drug-likeness (QED) is 0.761. The molecule has 2 amide bonds. The summed E-state index contributed by atoms with van der Waals surface area (Å²) >= 11 is 0. The van der Waals surface area contributed by atoms with Gasteiger partial charge in [-0.3, -0.25) is 0 Å². The van der Waals surface area contributed by atoms with Gasteiger partial charge in [-0.05, 0) is 31.3 Å². The van der Waals surface area contributed by atoms with E-state index in [2.05, 4.69) is 5.32 Å². The molecule has 17 heavy (non-hydrogen) atoms. The van der Waals surface area contributed by atoms with Crippen molar-refractivity contribution in [1.29, 1.82) is 0 Å². The molecular weight excluding hydrogens is 216 g/mol. The normalized spacial score (nSPS) is 21.9. The molecule has 1 N–H and O–H groups in total. The van der Waals surface area contributed by atoms with Crippen LogP contribution in [0.3, 0.4) is 0 Å². The van der Waals surface area contributed by atoms with Crippen molar-refractivity contribution in [2.45, 2.75) is 38.5 Å². The predicted molar refractivity (Wildman–Crippen MR) is 66.7 cm³/mol. The Hall–Kier alpha value is -1.03. The molecule has 0 aromatic rings. The van der Waals surface area contributed by atoms with Gasteiger partial charge < -0.3 is 15.0 Å². The summed E-state index contributed by atoms with van der Waals surface area (Å²) in [6.07, 6.45) is 8.55. The summed E-state index contributed by atoms with van der Waals surface area (Å²) < 4.78 is 5.28. The number of carbonyl (C=O) groups excluding carboxylic acids is 1. The van der Waals surface area contributed by atoms with Crippen molar-refractivity contribution in [3.05, 3.63) is 11.8 Å². The highest BCUT2D eigenvalue weighted by molar-refractivity contribution is 5.75. The van der Waals surface area contributed by atoms with E-state index in [0.717, 1.165) is 52.0 Å². The summed E-state index contributed by atoms with van der Waals surface area (Å²) in [5, 5.41) is 2.92. The molecule has 2 heterocycles. The zero-order valence-electron chi connectivity index (χ0n) is 10.4. The van der Waals surface area contributed by atoms with Crippen LogP contribution in [0.25, 0.3) is 0 Å². The van der Waals surface area contributed by atoms with Crippen molar-refractivity contribution < 1.29 is 9.53 Å². The summed E-state index contributed by atoms with van der Waals surface area (Å²) in [5.41, 5.74) is 1.29. The second-order valence-corrected chi connectivity index (χ2v) is 4.77. The van der Waals surface area contributed by atoms with Gasteiger partial charge in [-0.25, -0.2) is 4.79 Å². The van der Waals surface area contributed by atoms with Gasteiger partial charge in [0, 0.05) is 19.3 Å². The van der Waals surface area contributed by atoms with Crippen LogP contribution in [-0.2, 0) is 4.74 Å². The van der Waals surface area contributed by atoms with Crippen molar-refractivity contribution >= 4 is 6.03 Å². The standard InChI is InChI=1S/C13H22N2O2/c16-13(15-7-3-1-2-4-8-15)14-11-12-5-9-17-10-6-12/h11H,1-10H2,(H,14,16). The molecule has 0 atom stereocenters.